The van der Waals surface area contributed by atoms with Crippen LogP contribution in [0.15, 0.2) is 23.1 Å². The van der Waals surface area contributed by atoms with Gasteiger partial charge in [0, 0.05) is 12.2 Å². The molecule has 1 heterocycles. The van der Waals surface area contributed by atoms with E-state index < -0.39 is 20.0 Å². The number of anilines is 1. The minimum Gasteiger partial charge on any atom is -0.284 e. The third-order valence-electron chi connectivity index (χ3n) is 2.11. The predicted molar refractivity (Wildman–Crippen MR) is 58.9 cm³/mol. The van der Waals surface area contributed by atoms with Gasteiger partial charge < -0.3 is 0 Å². The van der Waals surface area contributed by atoms with E-state index in [0.717, 1.165) is 6.26 Å². The summed E-state index contributed by atoms with van der Waals surface area (Å²) >= 11 is 0. The first-order valence-electron chi connectivity index (χ1n) is 4.38. The zero-order valence-corrected chi connectivity index (χ0v) is 10.0. The van der Waals surface area contributed by atoms with Crippen molar-refractivity contribution < 1.29 is 16.8 Å². The molecule has 0 atom stereocenters. The molecule has 0 saturated carbocycles. The van der Waals surface area contributed by atoms with Crippen LogP contribution in [0.3, 0.4) is 0 Å². The van der Waals surface area contributed by atoms with E-state index in [9.17, 15) is 16.8 Å². The predicted octanol–water partition coefficient (Wildman–Crippen LogP) is -0.150. The fourth-order valence-corrected chi connectivity index (χ4v) is 3.29. The van der Waals surface area contributed by atoms with Crippen molar-refractivity contribution in [2.45, 2.75) is 11.4 Å². The third kappa shape index (κ3) is 2.18. The Balaban J connectivity index is 2.44. The minimum atomic E-state index is -3.39. The Bertz CT molecular complexity index is 634. The summed E-state index contributed by atoms with van der Waals surface area (Å²) in [6.07, 6.45) is 1.04. The average Bonchev–Trinajstić information content (AvgIpc) is 2.39. The molecule has 8 heteroatoms. The van der Waals surface area contributed by atoms with Crippen molar-refractivity contribution in [2.75, 3.05) is 11.0 Å². The van der Waals surface area contributed by atoms with Crippen molar-refractivity contribution >= 4 is 25.7 Å². The lowest BCUT2D eigenvalue weighted by Crippen LogP contribution is -2.13. The highest BCUT2D eigenvalue weighted by Gasteiger charge is 2.25. The van der Waals surface area contributed by atoms with Crippen LogP contribution in [0.5, 0.6) is 0 Å². The second-order valence-corrected chi connectivity index (χ2v) is 7.01. The SMILES string of the molecule is CS(=O)(=O)Nc1ccc2c(c1)CNS2(=O)=O. The fraction of sp³-hybridized carbons (Fsp3) is 0.250. The van der Waals surface area contributed by atoms with Gasteiger partial charge >= 0.3 is 0 Å². The topological polar surface area (TPSA) is 92.3 Å². The number of rotatable bonds is 2. The maximum absolute atomic E-state index is 11.4. The van der Waals surface area contributed by atoms with E-state index in [1.165, 1.54) is 18.2 Å². The van der Waals surface area contributed by atoms with Crippen molar-refractivity contribution in [3.63, 3.8) is 0 Å². The smallest absolute Gasteiger partial charge is 0.241 e. The zero-order chi connectivity index (χ0) is 12.0. The van der Waals surface area contributed by atoms with E-state index in [-0.39, 0.29) is 11.4 Å². The number of nitrogens with one attached hydrogen (secondary N) is 2. The van der Waals surface area contributed by atoms with Crippen LogP contribution in [0, 0.1) is 0 Å². The molecule has 1 aliphatic heterocycles. The molecule has 16 heavy (non-hydrogen) atoms. The van der Waals surface area contributed by atoms with Crippen LogP contribution in [0.25, 0.3) is 0 Å². The number of hydrogen-bond acceptors (Lipinski definition) is 4. The molecule has 1 aliphatic rings. The molecule has 0 spiro atoms. The second-order valence-electron chi connectivity index (χ2n) is 3.52. The number of benzene rings is 1. The standard InChI is InChI=1S/C8H10N2O4S2/c1-15(11,12)10-7-2-3-8-6(4-7)5-9-16(8,13)14/h2-4,9-10H,5H2,1H3. The summed E-state index contributed by atoms with van der Waals surface area (Å²) in [6.45, 7) is 0.191. The van der Waals surface area contributed by atoms with E-state index in [2.05, 4.69) is 9.44 Å². The monoisotopic (exact) mass is 262 g/mol. The molecular weight excluding hydrogens is 252 g/mol. The lowest BCUT2D eigenvalue weighted by Gasteiger charge is -2.04. The van der Waals surface area contributed by atoms with Gasteiger partial charge in [-0.2, -0.15) is 0 Å². The lowest BCUT2D eigenvalue weighted by atomic mass is 10.2. The van der Waals surface area contributed by atoms with Gasteiger partial charge in [-0.05, 0) is 23.8 Å². The zero-order valence-electron chi connectivity index (χ0n) is 8.39. The Labute approximate surface area is 93.8 Å². The number of hydrogen-bond donors (Lipinski definition) is 2. The summed E-state index contributed by atoms with van der Waals surface area (Å²) in [5.41, 5.74) is 0.925. The highest BCUT2D eigenvalue weighted by molar-refractivity contribution is 7.92. The van der Waals surface area contributed by atoms with Crippen molar-refractivity contribution in [1.82, 2.24) is 4.72 Å². The molecule has 0 fully saturated rings. The van der Waals surface area contributed by atoms with Crippen LogP contribution in [0.1, 0.15) is 5.56 Å². The van der Waals surface area contributed by atoms with Crippen LogP contribution in [0.4, 0.5) is 5.69 Å². The van der Waals surface area contributed by atoms with Crippen molar-refractivity contribution in [1.29, 1.82) is 0 Å². The van der Waals surface area contributed by atoms with Gasteiger partial charge in [0.05, 0.1) is 11.2 Å². The number of fused-ring (bicyclic) bond motifs is 1. The Morgan fingerprint density at radius 2 is 2.06 bits per heavy atom. The Morgan fingerprint density at radius 1 is 1.38 bits per heavy atom. The van der Waals surface area contributed by atoms with Crippen LogP contribution in [-0.4, -0.2) is 23.1 Å². The molecule has 0 bridgehead atoms. The van der Waals surface area contributed by atoms with Gasteiger partial charge in [0.1, 0.15) is 0 Å². The normalized spacial score (nSPS) is 18.1. The summed E-state index contributed by atoms with van der Waals surface area (Å²) in [5, 5.41) is 0. The molecule has 6 nitrogen and oxygen atoms in total. The summed E-state index contributed by atoms with van der Waals surface area (Å²) in [6, 6.07) is 4.32. The van der Waals surface area contributed by atoms with Crippen LogP contribution < -0.4 is 9.44 Å². The first kappa shape index (κ1) is 11.4. The van der Waals surface area contributed by atoms with Gasteiger partial charge in [0.15, 0.2) is 0 Å². The summed E-state index contributed by atoms with van der Waals surface area (Å²) in [4.78, 5) is 0.201. The largest absolute Gasteiger partial charge is 0.284 e. The quantitative estimate of drug-likeness (QED) is 0.775. The Hall–Kier alpha value is -1.12. The molecule has 0 aromatic heterocycles. The van der Waals surface area contributed by atoms with E-state index in [1.807, 2.05) is 0 Å². The van der Waals surface area contributed by atoms with Crippen LogP contribution in [-0.2, 0) is 26.6 Å². The Morgan fingerprint density at radius 3 is 2.69 bits per heavy atom. The maximum atomic E-state index is 11.4. The van der Waals surface area contributed by atoms with Gasteiger partial charge in [-0.1, -0.05) is 0 Å². The number of sulfonamides is 2. The molecule has 1 aromatic carbocycles. The van der Waals surface area contributed by atoms with Crippen molar-refractivity contribution in [3.05, 3.63) is 23.8 Å². The second kappa shape index (κ2) is 3.44. The lowest BCUT2D eigenvalue weighted by molar-refractivity contribution is 0.589. The van der Waals surface area contributed by atoms with E-state index >= 15 is 0 Å². The Kier molecular flexibility index (Phi) is 2.44. The molecule has 88 valence electrons. The molecule has 0 radical (unpaired) electrons. The van der Waals surface area contributed by atoms with Crippen molar-refractivity contribution in [3.8, 4) is 0 Å². The summed E-state index contributed by atoms with van der Waals surface area (Å²) in [7, 11) is -6.74. The van der Waals surface area contributed by atoms with Crippen LogP contribution in [0.2, 0.25) is 0 Å². The molecule has 1 aromatic rings. The summed E-state index contributed by atoms with van der Waals surface area (Å²) < 4.78 is 49.4. The fourth-order valence-electron chi connectivity index (χ4n) is 1.51. The van der Waals surface area contributed by atoms with Gasteiger partial charge in [0.25, 0.3) is 0 Å². The minimum absolute atomic E-state index is 0.191. The van der Waals surface area contributed by atoms with E-state index in [4.69, 9.17) is 0 Å². The molecular formula is C8H10N2O4S2. The van der Waals surface area contributed by atoms with Gasteiger partial charge in [-0.25, -0.2) is 21.6 Å². The maximum Gasteiger partial charge on any atom is 0.241 e. The van der Waals surface area contributed by atoms with Crippen molar-refractivity contribution in [2.24, 2.45) is 0 Å². The first-order chi connectivity index (χ1) is 7.28. The van der Waals surface area contributed by atoms with Gasteiger partial charge in [-0.15, -0.1) is 0 Å². The van der Waals surface area contributed by atoms with Gasteiger partial charge in [0.2, 0.25) is 20.0 Å². The third-order valence-corrected chi connectivity index (χ3v) is 4.21. The first-order valence-corrected chi connectivity index (χ1v) is 7.76. The van der Waals surface area contributed by atoms with Gasteiger partial charge in [-0.3, -0.25) is 4.72 Å². The van der Waals surface area contributed by atoms with Crippen LogP contribution >= 0.6 is 0 Å². The molecule has 0 aliphatic carbocycles. The highest BCUT2D eigenvalue weighted by atomic mass is 32.2. The van der Waals surface area contributed by atoms with E-state index in [0.29, 0.717) is 11.3 Å². The summed E-state index contributed by atoms with van der Waals surface area (Å²) in [5.74, 6) is 0. The molecule has 2 rings (SSSR count). The molecule has 0 saturated heterocycles. The highest BCUT2D eigenvalue weighted by Crippen LogP contribution is 2.25. The molecule has 0 unspecified atom stereocenters. The van der Waals surface area contributed by atoms with E-state index in [1.54, 1.807) is 0 Å². The molecule has 0 amide bonds. The average molecular weight is 262 g/mol. The molecule has 2 N–H and O–H groups in total.